The largest absolute Gasteiger partial charge is 0.494 e. The maximum atomic E-state index is 10.8. The molecule has 24 heavy (non-hydrogen) atoms. The summed E-state index contributed by atoms with van der Waals surface area (Å²) < 4.78 is 32.0. The number of hydrogen-bond acceptors (Lipinski definition) is 4. The summed E-state index contributed by atoms with van der Waals surface area (Å²) in [5.41, 5.74) is 3.84. The molecule has 2 aromatic rings. The molecule has 0 heterocycles. The van der Waals surface area contributed by atoms with Crippen molar-refractivity contribution in [3.8, 4) is 5.75 Å². The molecule has 0 aliphatic heterocycles. The Labute approximate surface area is 144 Å². The quantitative estimate of drug-likeness (QED) is 0.536. The average molecular weight is 348 g/mol. The number of benzene rings is 2. The van der Waals surface area contributed by atoms with Crippen molar-refractivity contribution in [3.05, 3.63) is 65.2 Å². The van der Waals surface area contributed by atoms with Gasteiger partial charge in [0.2, 0.25) is 0 Å². The Bertz CT molecular complexity index is 751. The van der Waals surface area contributed by atoms with E-state index in [0.29, 0.717) is 18.9 Å². The van der Waals surface area contributed by atoms with Crippen LogP contribution in [0.2, 0.25) is 0 Å². The molecule has 0 spiro atoms. The van der Waals surface area contributed by atoms with Crippen molar-refractivity contribution >= 4 is 10.1 Å². The topological polar surface area (TPSA) is 52.6 Å². The van der Waals surface area contributed by atoms with E-state index in [0.717, 1.165) is 12.0 Å². The van der Waals surface area contributed by atoms with E-state index in [9.17, 15) is 8.42 Å². The lowest BCUT2D eigenvalue weighted by Gasteiger charge is -2.15. The maximum absolute atomic E-state index is 10.8. The third-order valence-corrected chi connectivity index (χ3v) is 4.48. The van der Waals surface area contributed by atoms with Crippen LogP contribution in [0.15, 0.2) is 48.5 Å². The highest BCUT2D eigenvalue weighted by Gasteiger charge is 2.10. The van der Waals surface area contributed by atoms with Gasteiger partial charge < -0.3 is 4.74 Å². The Balaban J connectivity index is 1.88. The zero-order valence-electron chi connectivity index (χ0n) is 14.4. The fourth-order valence-corrected chi connectivity index (χ4v) is 2.98. The Hall–Kier alpha value is -1.85. The lowest BCUT2D eigenvalue weighted by Crippen LogP contribution is -2.07. The van der Waals surface area contributed by atoms with Crippen LogP contribution in [0.3, 0.4) is 0 Å². The molecule has 0 fully saturated rings. The molecule has 2 rings (SSSR count). The lowest BCUT2D eigenvalue weighted by molar-refractivity contribution is 0.252. The molecule has 0 N–H and O–H groups in total. The van der Waals surface area contributed by atoms with E-state index in [-0.39, 0.29) is 6.61 Å². The van der Waals surface area contributed by atoms with Gasteiger partial charge in [-0.2, -0.15) is 8.42 Å². The summed E-state index contributed by atoms with van der Waals surface area (Å²) in [7, 11) is -3.37. The van der Waals surface area contributed by atoms with Crippen molar-refractivity contribution in [2.45, 2.75) is 26.2 Å². The van der Waals surface area contributed by atoms with Crippen molar-refractivity contribution in [3.63, 3.8) is 0 Å². The smallest absolute Gasteiger partial charge is 0.264 e. The Kier molecular flexibility index (Phi) is 6.40. The number of rotatable bonds is 8. The third-order valence-electron chi connectivity index (χ3n) is 3.89. The Morgan fingerprint density at radius 1 is 1.00 bits per heavy atom. The zero-order valence-corrected chi connectivity index (χ0v) is 15.2. The van der Waals surface area contributed by atoms with Gasteiger partial charge in [-0.05, 0) is 35.7 Å². The third kappa shape index (κ3) is 5.65. The van der Waals surface area contributed by atoms with Crippen molar-refractivity contribution in [2.24, 2.45) is 0 Å². The molecular formula is C19H24O4S. The van der Waals surface area contributed by atoms with E-state index in [1.165, 1.54) is 16.7 Å². The molecule has 4 nitrogen and oxygen atoms in total. The molecule has 0 bridgehead atoms. The fourth-order valence-electron chi connectivity index (χ4n) is 2.56. The first-order valence-corrected chi connectivity index (χ1v) is 9.81. The molecule has 5 heteroatoms. The number of aryl methyl sites for hydroxylation is 1. The normalized spacial score (nSPS) is 12.8. The van der Waals surface area contributed by atoms with Gasteiger partial charge in [0.25, 0.3) is 10.1 Å². The molecule has 0 aliphatic rings. The second kappa shape index (κ2) is 8.31. The van der Waals surface area contributed by atoms with E-state index in [1.54, 1.807) is 0 Å². The van der Waals surface area contributed by atoms with Gasteiger partial charge >= 0.3 is 0 Å². The predicted molar refractivity (Wildman–Crippen MR) is 96.0 cm³/mol. The monoisotopic (exact) mass is 348 g/mol. The molecule has 0 saturated carbocycles. The van der Waals surface area contributed by atoms with Gasteiger partial charge in [0, 0.05) is 12.3 Å². The number of hydrogen-bond donors (Lipinski definition) is 0. The number of ether oxygens (including phenoxy) is 1. The van der Waals surface area contributed by atoms with E-state index < -0.39 is 10.1 Å². The van der Waals surface area contributed by atoms with Gasteiger partial charge in [-0.25, -0.2) is 0 Å². The standard InChI is InChI=1S/C19H24O4S/c1-15-7-4-5-8-19(15)16(2)17-9-11-18(12-10-17)22-13-6-14-23-24(3,20)21/h4-5,7-12,16H,6,13-14H2,1-3H3. The molecule has 0 aromatic heterocycles. The van der Waals surface area contributed by atoms with Crippen LogP contribution >= 0.6 is 0 Å². The molecule has 0 saturated heterocycles. The highest BCUT2D eigenvalue weighted by atomic mass is 32.2. The van der Waals surface area contributed by atoms with Crippen LogP contribution in [-0.4, -0.2) is 27.9 Å². The predicted octanol–water partition coefficient (Wildman–Crippen LogP) is 3.89. The van der Waals surface area contributed by atoms with E-state index >= 15 is 0 Å². The van der Waals surface area contributed by atoms with Crippen LogP contribution < -0.4 is 4.74 Å². The van der Waals surface area contributed by atoms with E-state index in [2.05, 4.69) is 54.4 Å². The van der Waals surface area contributed by atoms with Crippen molar-refractivity contribution in [2.75, 3.05) is 19.5 Å². The van der Waals surface area contributed by atoms with Crippen molar-refractivity contribution in [1.29, 1.82) is 0 Å². The first kappa shape index (κ1) is 18.5. The summed E-state index contributed by atoms with van der Waals surface area (Å²) in [4.78, 5) is 0. The highest BCUT2D eigenvalue weighted by molar-refractivity contribution is 7.85. The summed E-state index contributed by atoms with van der Waals surface area (Å²) in [6, 6.07) is 16.4. The summed E-state index contributed by atoms with van der Waals surface area (Å²) >= 11 is 0. The minimum atomic E-state index is -3.37. The summed E-state index contributed by atoms with van der Waals surface area (Å²) in [6.45, 7) is 4.88. The highest BCUT2D eigenvalue weighted by Crippen LogP contribution is 2.27. The van der Waals surface area contributed by atoms with Crippen LogP contribution in [0.1, 0.15) is 36.0 Å². The van der Waals surface area contributed by atoms with Gasteiger partial charge in [0.15, 0.2) is 0 Å². The molecule has 1 atom stereocenters. The van der Waals surface area contributed by atoms with Gasteiger partial charge in [-0.1, -0.05) is 43.3 Å². The second-order valence-electron chi connectivity index (χ2n) is 5.88. The van der Waals surface area contributed by atoms with Gasteiger partial charge in [0.05, 0.1) is 19.5 Å². The molecule has 1 unspecified atom stereocenters. The molecular weight excluding hydrogens is 324 g/mol. The maximum Gasteiger partial charge on any atom is 0.264 e. The molecule has 130 valence electrons. The van der Waals surface area contributed by atoms with Crippen molar-refractivity contribution in [1.82, 2.24) is 0 Å². The van der Waals surface area contributed by atoms with Crippen LogP contribution in [0.4, 0.5) is 0 Å². The molecule has 0 aliphatic carbocycles. The van der Waals surface area contributed by atoms with Gasteiger partial charge in [-0.15, -0.1) is 0 Å². The minimum absolute atomic E-state index is 0.140. The first-order chi connectivity index (χ1) is 11.4. The van der Waals surface area contributed by atoms with Crippen LogP contribution in [-0.2, 0) is 14.3 Å². The van der Waals surface area contributed by atoms with Gasteiger partial charge in [-0.3, -0.25) is 4.18 Å². The Morgan fingerprint density at radius 3 is 2.29 bits per heavy atom. The summed E-state index contributed by atoms with van der Waals surface area (Å²) in [6.07, 6.45) is 1.57. The average Bonchev–Trinajstić information content (AvgIpc) is 2.54. The Morgan fingerprint density at radius 2 is 1.67 bits per heavy atom. The zero-order chi connectivity index (χ0) is 17.6. The minimum Gasteiger partial charge on any atom is -0.494 e. The fraction of sp³-hybridized carbons (Fsp3) is 0.368. The van der Waals surface area contributed by atoms with Crippen molar-refractivity contribution < 1.29 is 17.3 Å². The van der Waals surface area contributed by atoms with Gasteiger partial charge in [0.1, 0.15) is 5.75 Å². The van der Waals surface area contributed by atoms with Crippen LogP contribution in [0.5, 0.6) is 5.75 Å². The molecule has 2 aromatic carbocycles. The lowest BCUT2D eigenvalue weighted by atomic mass is 9.90. The second-order valence-corrected chi connectivity index (χ2v) is 7.52. The molecule has 0 radical (unpaired) electrons. The van der Waals surface area contributed by atoms with Crippen LogP contribution in [0, 0.1) is 6.92 Å². The molecule has 0 amide bonds. The van der Waals surface area contributed by atoms with Crippen LogP contribution in [0.25, 0.3) is 0 Å². The van der Waals surface area contributed by atoms with E-state index in [4.69, 9.17) is 4.74 Å². The summed E-state index contributed by atoms with van der Waals surface area (Å²) in [5.74, 6) is 1.10. The SMILES string of the molecule is Cc1ccccc1C(C)c1ccc(OCCCOS(C)(=O)=O)cc1. The first-order valence-electron chi connectivity index (χ1n) is 7.99. The summed E-state index contributed by atoms with van der Waals surface area (Å²) in [5, 5.41) is 0. The van der Waals surface area contributed by atoms with E-state index in [1.807, 2.05) is 12.1 Å².